The zero-order valence-electron chi connectivity index (χ0n) is 20.0. The summed E-state index contributed by atoms with van der Waals surface area (Å²) in [4.78, 5) is 29.0. The van der Waals surface area contributed by atoms with Gasteiger partial charge in [-0.2, -0.15) is 0 Å². The molecule has 1 aliphatic heterocycles. The predicted octanol–water partition coefficient (Wildman–Crippen LogP) is 3.11. The summed E-state index contributed by atoms with van der Waals surface area (Å²) in [5.41, 5.74) is 3.59. The van der Waals surface area contributed by atoms with Crippen LogP contribution in [-0.2, 0) is 29.2 Å². The van der Waals surface area contributed by atoms with Crippen molar-refractivity contribution in [1.29, 1.82) is 0 Å². The van der Waals surface area contributed by atoms with Gasteiger partial charge in [-0.25, -0.2) is 0 Å². The van der Waals surface area contributed by atoms with Gasteiger partial charge in [-0.1, -0.05) is 24.3 Å². The summed E-state index contributed by atoms with van der Waals surface area (Å²) in [6.45, 7) is 5.57. The summed E-state index contributed by atoms with van der Waals surface area (Å²) in [5.74, 6) is 0.561. The third-order valence-corrected chi connectivity index (χ3v) is 5.92. The first-order valence-corrected chi connectivity index (χ1v) is 11.8. The van der Waals surface area contributed by atoms with Crippen molar-refractivity contribution >= 4 is 17.5 Å². The molecule has 0 atom stereocenters. The van der Waals surface area contributed by atoms with E-state index in [0.29, 0.717) is 18.7 Å². The number of rotatable bonds is 10. The van der Waals surface area contributed by atoms with E-state index in [1.165, 1.54) is 5.56 Å². The van der Waals surface area contributed by atoms with E-state index in [1.807, 2.05) is 41.3 Å². The highest BCUT2D eigenvalue weighted by molar-refractivity contribution is 5.94. The van der Waals surface area contributed by atoms with Gasteiger partial charge in [0.2, 0.25) is 5.91 Å². The molecule has 2 amide bonds. The first-order valence-electron chi connectivity index (χ1n) is 11.8. The fourth-order valence-electron chi connectivity index (χ4n) is 4.07. The standard InChI is InChI=1S/C27H32N4O4/c1-28-27(33)23-8-4-21(5-9-23)18-31(19-25-3-2-14-35-25)20-26(32)29-24-10-6-22(7-11-24)17-30-12-15-34-16-13-30/h2-11,14H,12-13,15-20H2,1H3,(H,28,33)(H,29,32). The molecule has 0 unspecified atom stereocenters. The van der Waals surface area contributed by atoms with Gasteiger partial charge in [0.1, 0.15) is 5.76 Å². The van der Waals surface area contributed by atoms with Crippen molar-refractivity contribution in [3.63, 3.8) is 0 Å². The molecule has 2 N–H and O–H groups in total. The van der Waals surface area contributed by atoms with E-state index in [0.717, 1.165) is 49.9 Å². The molecule has 1 aliphatic rings. The van der Waals surface area contributed by atoms with Crippen molar-refractivity contribution in [3.8, 4) is 0 Å². The Morgan fingerprint density at radius 3 is 2.31 bits per heavy atom. The van der Waals surface area contributed by atoms with Crippen LogP contribution in [0.2, 0.25) is 0 Å². The SMILES string of the molecule is CNC(=O)c1ccc(CN(CC(=O)Nc2ccc(CN3CCOCC3)cc2)Cc2ccco2)cc1. The van der Waals surface area contributed by atoms with Crippen molar-refractivity contribution in [2.45, 2.75) is 19.6 Å². The van der Waals surface area contributed by atoms with Gasteiger partial charge < -0.3 is 19.8 Å². The zero-order chi connectivity index (χ0) is 24.5. The Labute approximate surface area is 205 Å². The molecule has 3 aromatic rings. The average molecular weight is 477 g/mol. The Morgan fingerprint density at radius 2 is 1.66 bits per heavy atom. The number of furan rings is 1. The molecule has 0 spiro atoms. The maximum Gasteiger partial charge on any atom is 0.251 e. The molecule has 2 aromatic carbocycles. The summed E-state index contributed by atoms with van der Waals surface area (Å²) in [6, 6.07) is 19.1. The number of carbonyl (C=O) groups is 2. The number of hydrogen-bond acceptors (Lipinski definition) is 6. The molecule has 35 heavy (non-hydrogen) atoms. The molecule has 8 nitrogen and oxygen atoms in total. The van der Waals surface area contributed by atoms with Crippen LogP contribution in [0.5, 0.6) is 0 Å². The fraction of sp³-hybridized carbons (Fsp3) is 0.333. The first-order chi connectivity index (χ1) is 17.1. The van der Waals surface area contributed by atoms with Crippen molar-refractivity contribution in [3.05, 3.63) is 89.4 Å². The topological polar surface area (TPSA) is 87.1 Å². The number of nitrogens with one attached hydrogen (secondary N) is 2. The number of nitrogens with zero attached hydrogens (tertiary/aromatic N) is 2. The van der Waals surface area contributed by atoms with Gasteiger partial charge in [0.25, 0.3) is 5.91 Å². The van der Waals surface area contributed by atoms with Gasteiger partial charge >= 0.3 is 0 Å². The second-order valence-electron chi connectivity index (χ2n) is 8.63. The minimum Gasteiger partial charge on any atom is -0.468 e. The average Bonchev–Trinajstić information content (AvgIpc) is 3.39. The molecule has 1 aromatic heterocycles. The van der Waals surface area contributed by atoms with Gasteiger partial charge in [-0.05, 0) is 47.5 Å². The van der Waals surface area contributed by atoms with Crippen molar-refractivity contribution < 1.29 is 18.7 Å². The van der Waals surface area contributed by atoms with Crippen LogP contribution in [0.1, 0.15) is 27.2 Å². The Bertz CT molecular complexity index is 1080. The van der Waals surface area contributed by atoms with Crippen LogP contribution in [0.3, 0.4) is 0 Å². The Hall–Kier alpha value is -3.46. The van der Waals surface area contributed by atoms with Crippen LogP contribution in [0.25, 0.3) is 0 Å². The van der Waals surface area contributed by atoms with Crippen LogP contribution < -0.4 is 10.6 Å². The Kier molecular flexibility index (Phi) is 8.67. The van der Waals surface area contributed by atoms with Crippen molar-refractivity contribution in [2.75, 3.05) is 45.2 Å². The van der Waals surface area contributed by atoms with Gasteiger partial charge in [0, 0.05) is 44.5 Å². The summed E-state index contributed by atoms with van der Waals surface area (Å²) in [5, 5.41) is 5.62. The second kappa shape index (κ2) is 12.3. The third-order valence-electron chi connectivity index (χ3n) is 5.92. The zero-order valence-corrected chi connectivity index (χ0v) is 20.0. The number of carbonyl (C=O) groups excluding carboxylic acids is 2. The highest BCUT2D eigenvalue weighted by Crippen LogP contribution is 2.15. The monoisotopic (exact) mass is 476 g/mol. The Balaban J connectivity index is 1.35. The van der Waals surface area contributed by atoms with E-state index in [-0.39, 0.29) is 18.4 Å². The maximum atomic E-state index is 12.9. The molecule has 0 saturated carbocycles. The minimum atomic E-state index is -0.126. The summed E-state index contributed by atoms with van der Waals surface area (Å²) < 4.78 is 10.9. The predicted molar refractivity (Wildman–Crippen MR) is 134 cm³/mol. The molecule has 0 radical (unpaired) electrons. The molecule has 184 valence electrons. The van der Waals surface area contributed by atoms with Crippen LogP contribution in [0.15, 0.2) is 71.3 Å². The third kappa shape index (κ3) is 7.51. The lowest BCUT2D eigenvalue weighted by Gasteiger charge is -2.26. The molecule has 8 heteroatoms. The van der Waals surface area contributed by atoms with E-state index >= 15 is 0 Å². The van der Waals surface area contributed by atoms with E-state index in [2.05, 4.69) is 27.7 Å². The van der Waals surface area contributed by atoms with Crippen LogP contribution >= 0.6 is 0 Å². The lowest BCUT2D eigenvalue weighted by Crippen LogP contribution is -2.35. The van der Waals surface area contributed by atoms with Crippen molar-refractivity contribution in [1.82, 2.24) is 15.1 Å². The number of ether oxygens (including phenoxy) is 1. The summed E-state index contributed by atoms with van der Waals surface area (Å²) >= 11 is 0. The van der Waals surface area contributed by atoms with Gasteiger partial charge in [0.15, 0.2) is 0 Å². The molecular formula is C27H32N4O4. The molecule has 0 aliphatic carbocycles. The largest absolute Gasteiger partial charge is 0.468 e. The molecule has 0 bridgehead atoms. The lowest BCUT2D eigenvalue weighted by atomic mass is 10.1. The molecule has 2 heterocycles. The highest BCUT2D eigenvalue weighted by Gasteiger charge is 2.15. The van der Waals surface area contributed by atoms with Crippen LogP contribution in [-0.4, -0.2) is 61.5 Å². The molecule has 1 saturated heterocycles. The van der Waals surface area contributed by atoms with Crippen molar-refractivity contribution in [2.24, 2.45) is 0 Å². The summed E-state index contributed by atoms with van der Waals surface area (Å²) in [6.07, 6.45) is 1.63. The second-order valence-corrected chi connectivity index (χ2v) is 8.63. The van der Waals surface area contributed by atoms with E-state index < -0.39 is 0 Å². The maximum absolute atomic E-state index is 12.9. The smallest absolute Gasteiger partial charge is 0.251 e. The van der Waals surface area contributed by atoms with Gasteiger partial charge in [0.05, 0.1) is 32.6 Å². The molecular weight excluding hydrogens is 444 g/mol. The van der Waals surface area contributed by atoms with Crippen LogP contribution in [0.4, 0.5) is 5.69 Å². The number of amides is 2. The van der Waals surface area contributed by atoms with Crippen LogP contribution in [0, 0.1) is 0 Å². The van der Waals surface area contributed by atoms with E-state index in [4.69, 9.17) is 9.15 Å². The summed E-state index contributed by atoms with van der Waals surface area (Å²) in [7, 11) is 1.61. The highest BCUT2D eigenvalue weighted by atomic mass is 16.5. The molecule has 1 fully saturated rings. The number of benzene rings is 2. The quantitative estimate of drug-likeness (QED) is 0.468. The fourth-order valence-corrected chi connectivity index (χ4v) is 4.07. The number of morpholine rings is 1. The van der Waals surface area contributed by atoms with Gasteiger partial charge in [-0.3, -0.25) is 19.4 Å². The van der Waals surface area contributed by atoms with E-state index in [9.17, 15) is 9.59 Å². The lowest BCUT2D eigenvalue weighted by molar-refractivity contribution is -0.117. The number of anilines is 1. The van der Waals surface area contributed by atoms with Gasteiger partial charge in [-0.15, -0.1) is 0 Å². The minimum absolute atomic E-state index is 0.0977. The normalized spacial score (nSPS) is 14.1. The van der Waals surface area contributed by atoms with E-state index in [1.54, 1.807) is 25.4 Å². The Morgan fingerprint density at radius 1 is 0.943 bits per heavy atom. The first kappa shape index (κ1) is 24.7. The number of hydrogen-bond donors (Lipinski definition) is 2. The molecule has 4 rings (SSSR count).